The van der Waals surface area contributed by atoms with Crippen molar-refractivity contribution < 1.29 is 5.11 Å². The largest absolute Gasteiger partial charge is 0.393 e. The van der Waals surface area contributed by atoms with E-state index in [2.05, 4.69) is 42.5 Å². The van der Waals surface area contributed by atoms with Crippen LogP contribution in [-0.2, 0) is 0 Å². The van der Waals surface area contributed by atoms with Crippen LogP contribution in [0.1, 0.15) is 65.2 Å². The Hall–Kier alpha value is 0.430. The number of allylic oxidation sites excluding steroid dienone is 2. The van der Waals surface area contributed by atoms with Gasteiger partial charge in [-0.25, -0.2) is 0 Å². The number of hydrogen-bond acceptors (Lipinski definition) is 1. The lowest BCUT2D eigenvalue weighted by Crippen LogP contribution is -2.56. The molecule has 0 amide bonds. The zero-order valence-corrected chi connectivity index (χ0v) is 15.6. The molecule has 4 rings (SSSR count). The van der Waals surface area contributed by atoms with Crippen LogP contribution >= 0.6 is 22.6 Å². The van der Waals surface area contributed by atoms with Crippen molar-refractivity contribution in [2.24, 2.45) is 34.5 Å². The van der Waals surface area contributed by atoms with Crippen LogP contribution in [0.3, 0.4) is 0 Å². The number of aliphatic hydroxyl groups is 1. The Kier molecular flexibility index (Phi) is 3.54. The number of rotatable bonds is 0. The summed E-state index contributed by atoms with van der Waals surface area (Å²) in [6.45, 7) is 5.04. The van der Waals surface area contributed by atoms with Crippen molar-refractivity contribution in [1.82, 2.24) is 0 Å². The Balaban J connectivity index is 1.69. The van der Waals surface area contributed by atoms with Gasteiger partial charge in [-0.2, -0.15) is 0 Å². The standard InChI is InChI=1S/C19H29IO/c1-18-9-4-3-5-15(18)16(21)11-12-13-6-7-17(20)19(13,2)10-8-14(12)18/h7,12-16,21H,3-6,8-11H2,1-2H3/t12-,13-,14-,15?,16?,18+,19-/m0/s1. The van der Waals surface area contributed by atoms with E-state index in [-0.39, 0.29) is 6.10 Å². The van der Waals surface area contributed by atoms with Crippen LogP contribution in [-0.4, -0.2) is 11.2 Å². The highest BCUT2D eigenvalue weighted by molar-refractivity contribution is 14.1. The van der Waals surface area contributed by atoms with Crippen molar-refractivity contribution in [3.8, 4) is 0 Å². The van der Waals surface area contributed by atoms with E-state index < -0.39 is 0 Å². The second kappa shape index (κ2) is 4.96. The molecule has 4 aliphatic carbocycles. The first-order chi connectivity index (χ1) is 9.97. The van der Waals surface area contributed by atoms with Gasteiger partial charge in [-0.3, -0.25) is 0 Å². The molecule has 2 unspecified atom stereocenters. The quantitative estimate of drug-likeness (QED) is 0.546. The van der Waals surface area contributed by atoms with E-state index in [1.54, 1.807) is 3.58 Å². The molecule has 21 heavy (non-hydrogen) atoms. The first-order valence-electron chi connectivity index (χ1n) is 9.01. The molecule has 3 fully saturated rings. The molecule has 2 heteroatoms. The summed E-state index contributed by atoms with van der Waals surface area (Å²) in [5, 5.41) is 10.9. The molecule has 0 heterocycles. The van der Waals surface area contributed by atoms with Crippen molar-refractivity contribution in [2.75, 3.05) is 0 Å². The van der Waals surface area contributed by atoms with Gasteiger partial charge in [-0.1, -0.05) is 32.8 Å². The summed E-state index contributed by atoms with van der Waals surface area (Å²) >= 11 is 2.59. The predicted octanol–water partition coefficient (Wildman–Crippen LogP) is 5.32. The summed E-state index contributed by atoms with van der Waals surface area (Å²) < 4.78 is 1.61. The molecule has 0 bridgehead atoms. The normalized spacial score (nSPS) is 56.2. The molecule has 4 aliphatic rings. The van der Waals surface area contributed by atoms with Crippen molar-refractivity contribution >= 4 is 22.6 Å². The topological polar surface area (TPSA) is 20.2 Å². The molecule has 0 radical (unpaired) electrons. The molecule has 1 nitrogen and oxygen atoms in total. The average Bonchev–Trinajstić information content (AvgIpc) is 2.75. The van der Waals surface area contributed by atoms with E-state index in [1.165, 1.54) is 44.9 Å². The second-order valence-corrected chi connectivity index (χ2v) is 9.94. The van der Waals surface area contributed by atoms with E-state index in [9.17, 15) is 5.11 Å². The highest BCUT2D eigenvalue weighted by Crippen LogP contribution is 2.66. The van der Waals surface area contributed by atoms with Crippen LogP contribution in [0.15, 0.2) is 9.66 Å². The Bertz CT molecular complexity index is 472. The highest BCUT2D eigenvalue weighted by Gasteiger charge is 2.59. The summed E-state index contributed by atoms with van der Waals surface area (Å²) in [7, 11) is 0. The monoisotopic (exact) mass is 400 g/mol. The number of halogens is 1. The molecule has 0 aromatic carbocycles. The highest BCUT2D eigenvalue weighted by atomic mass is 127. The van der Waals surface area contributed by atoms with Gasteiger partial charge in [0, 0.05) is 5.41 Å². The number of hydrogen-bond donors (Lipinski definition) is 1. The Morgan fingerprint density at radius 3 is 2.71 bits per heavy atom. The smallest absolute Gasteiger partial charge is 0.0576 e. The van der Waals surface area contributed by atoms with Crippen LogP contribution in [0.2, 0.25) is 0 Å². The zero-order valence-electron chi connectivity index (χ0n) is 13.4. The minimum absolute atomic E-state index is 0.0304. The van der Waals surface area contributed by atoms with Crippen LogP contribution in [0, 0.1) is 34.5 Å². The molecule has 118 valence electrons. The number of fused-ring (bicyclic) bond motifs is 5. The lowest BCUT2D eigenvalue weighted by Gasteiger charge is -2.61. The fourth-order valence-electron chi connectivity index (χ4n) is 6.87. The van der Waals surface area contributed by atoms with E-state index in [0.717, 1.165) is 24.2 Å². The van der Waals surface area contributed by atoms with Gasteiger partial charge in [-0.05, 0) is 93.8 Å². The molecule has 0 aromatic heterocycles. The molecule has 7 atom stereocenters. The van der Waals surface area contributed by atoms with Gasteiger partial charge in [-0.15, -0.1) is 0 Å². The van der Waals surface area contributed by atoms with Crippen LogP contribution in [0.4, 0.5) is 0 Å². The molecule has 3 saturated carbocycles. The third-order valence-electron chi connectivity index (χ3n) is 8.08. The fourth-order valence-corrected chi connectivity index (χ4v) is 7.79. The van der Waals surface area contributed by atoms with Crippen molar-refractivity contribution in [3.05, 3.63) is 9.66 Å². The summed E-state index contributed by atoms with van der Waals surface area (Å²) in [6, 6.07) is 0. The zero-order chi connectivity index (χ0) is 14.8. The summed E-state index contributed by atoms with van der Waals surface area (Å²) in [6.07, 6.45) is 13.0. The molecule has 0 aromatic rings. The maximum Gasteiger partial charge on any atom is 0.0576 e. The second-order valence-electron chi connectivity index (χ2n) is 8.78. The molecule has 0 saturated heterocycles. The maximum absolute atomic E-state index is 10.9. The lowest BCUT2D eigenvalue weighted by atomic mass is 9.45. The fraction of sp³-hybridized carbons (Fsp3) is 0.895. The summed E-state index contributed by atoms with van der Waals surface area (Å²) in [4.78, 5) is 0. The minimum atomic E-state index is -0.0304. The van der Waals surface area contributed by atoms with Gasteiger partial charge in [0.15, 0.2) is 0 Å². The van der Waals surface area contributed by atoms with Crippen molar-refractivity contribution in [2.45, 2.75) is 71.3 Å². The van der Waals surface area contributed by atoms with E-state index in [4.69, 9.17) is 0 Å². The lowest BCUT2D eigenvalue weighted by molar-refractivity contribution is -0.149. The van der Waals surface area contributed by atoms with Gasteiger partial charge in [0.05, 0.1) is 6.10 Å². The first kappa shape index (κ1) is 15.0. The third-order valence-corrected chi connectivity index (χ3v) is 9.75. The molecular weight excluding hydrogens is 371 g/mol. The minimum Gasteiger partial charge on any atom is -0.393 e. The van der Waals surface area contributed by atoms with Gasteiger partial charge in [0.2, 0.25) is 0 Å². The molecule has 0 spiro atoms. The van der Waals surface area contributed by atoms with E-state index in [1.807, 2.05) is 0 Å². The average molecular weight is 400 g/mol. The first-order valence-corrected chi connectivity index (χ1v) is 10.1. The maximum atomic E-state index is 10.9. The van der Waals surface area contributed by atoms with Gasteiger partial charge < -0.3 is 5.11 Å². The van der Waals surface area contributed by atoms with Crippen molar-refractivity contribution in [1.29, 1.82) is 0 Å². The Labute approximate surface area is 143 Å². The third kappa shape index (κ3) is 1.96. The molecular formula is C19H29IO. The van der Waals surface area contributed by atoms with Crippen molar-refractivity contribution in [3.63, 3.8) is 0 Å². The SMILES string of the molecule is C[C@]12CCCCC1C(O)C[C@@H]1[C@@H]2CC[C@]2(C)C(I)=CC[C@@H]12. The van der Waals surface area contributed by atoms with Crippen LogP contribution in [0.5, 0.6) is 0 Å². The van der Waals surface area contributed by atoms with Crippen LogP contribution < -0.4 is 0 Å². The molecule has 1 N–H and O–H groups in total. The van der Waals surface area contributed by atoms with Gasteiger partial charge >= 0.3 is 0 Å². The summed E-state index contributed by atoms with van der Waals surface area (Å²) in [5.74, 6) is 3.03. The number of aliphatic hydroxyl groups excluding tert-OH is 1. The Morgan fingerprint density at radius 2 is 1.90 bits per heavy atom. The predicted molar refractivity (Wildman–Crippen MR) is 95.2 cm³/mol. The van der Waals surface area contributed by atoms with Gasteiger partial charge in [0.25, 0.3) is 0 Å². The van der Waals surface area contributed by atoms with Gasteiger partial charge in [0.1, 0.15) is 0 Å². The summed E-state index contributed by atoms with van der Waals surface area (Å²) in [5.41, 5.74) is 0.856. The Morgan fingerprint density at radius 1 is 1.10 bits per heavy atom. The van der Waals surface area contributed by atoms with Crippen LogP contribution in [0.25, 0.3) is 0 Å². The molecule has 0 aliphatic heterocycles. The van der Waals surface area contributed by atoms with E-state index >= 15 is 0 Å². The van der Waals surface area contributed by atoms with E-state index in [0.29, 0.717) is 16.7 Å².